The Balaban J connectivity index is 2.04. The van der Waals surface area contributed by atoms with E-state index in [1.165, 1.54) is 18.2 Å². The van der Waals surface area contributed by atoms with Crippen LogP contribution in [-0.2, 0) is 7.05 Å². The first kappa shape index (κ1) is 21.5. The molecule has 1 aromatic carbocycles. The lowest BCUT2D eigenvalue weighted by Crippen LogP contribution is -2.52. The summed E-state index contributed by atoms with van der Waals surface area (Å²) in [6.07, 6.45) is 3.33. The summed E-state index contributed by atoms with van der Waals surface area (Å²) in [6, 6.07) is 7.19. The lowest BCUT2D eigenvalue weighted by molar-refractivity contribution is 0.0433. The third-order valence-electron chi connectivity index (χ3n) is 4.57. The summed E-state index contributed by atoms with van der Waals surface area (Å²) in [4.78, 5) is 21.9. The van der Waals surface area contributed by atoms with E-state index in [-0.39, 0.29) is 24.4 Å². The van der Waals surface area contributed by atoms with Gasteiger partial charge in [0.25, 0.3) is 5.91 Å². The molecule has 0 saturated heterocycles. The standard InChI is InChI=1S/C21H25FN6O2/c1-13(2)28(14(3)12-29)26-21(30)19-9-18(15-6-5-7-17(22)8-15)24-20(25-19)16-10-23-27(4)11-16/h5-11,13-14,29H,12H2,1-4H3,(H,26,30). The lowest BCUT2D eigenvalue weighted by Gasteiger charge is -2.31. The quantitative estimate of drug-likeness (QED) is 0.579. The fourth-order valence-corrected chi connectivity index (χ4v) is 3.04. The normalized spacial score (nSPS) is 12.4. The number of halogens is 1. The molecule has 3 aromatic rings. The van der Waals surface area contributed by atoms with Gasteiger partial charge in [-0.05, 0) is 39.0 Å². The van der Waals surface area contributed by atoms with Gasteiger partial charge < -0.3 is 5.11 Å². The molecular weight excluding hydrogens is 387 g/mol. The van der Waals surface area contributed by atoms with Gasteiger partial charge in [0.2, 0.25) is 0 Å². The number of benzene rings is 1. The molecule has 0 fully saturated rings. The van der Waals surface area contributed by atoms with Gasteiger partial charge in [0.1, 0.15) is 11.5 Å². The monoisotopic (exact) mass is 412 g/mol. The van der Waals surface area contributed by atoms with Crippen molar-refractivity contribution in [3.8, 4) is 22.6 Å². The summed E-state index contributed by atoms with van der Waals surface area (Å²) < 4.78 is 15.4. The largest absolute Gasteiger partial charge is 0.395 e. The maximum Gasteiger partial charge on any atom is 0.284 e. The van der Waals surface area contributed by atoms with Crippen LogP contribution in [-0.4, -0.2) is 54.5 Å². The highest BCUT2D eigenvalue weighted by molar-refractivity contribution is 5.93. The molecule has 158 valence electrons. The Bertz CT molecular complexity index is 1040. The zero-order valence-electron chi connectivity index (χ0n) is 17.4. The number of carbonyl (C=O) groups is 1. The molecule has 3 rings (SSSR count). The molecule has 8 nitrogen and oxygen atoms in total. The number of aryl methyl sites for hydroxylation is 1. The average molecular weight is 412 g/mol. The molecule has 9 heteroatoms. The minimum atomic E-state index is -0.450. The van der Waals surface area contributed by atoms with Crippen molar-refractivity contribution in [2.75, 3.05) is 6.61 Å². The Kier molecular flexibility index (Phi) is 6.53. The molecule has 0 radical (unpaired) electrons. The van der Waals surface area contributed by atoms with Gasteiger partial charge in [0.15, 0.2) is 5.82 Å². The second-order valence-corrected chi connectivity index (χ2v) is 7.35. The fraction of sp³-hybridized carbons (Fsp3) is 0.333. The van der Waals surface area contributed by atoms with Crippen molar-refractivity contribution in [2.24, 2.45) is 7.05 Å². The maximum absolute atomic E-state index is 13.8. The number of aliphatic hydroxyl groups is 1. The number of nitrogens with one attached hydrogen (secondary N) is 1. The number of carbonyl (C=O) groups excluding carboxylic acids is 1. The summed E-state index contributed by atoms with van der Waals surface area (Å²) in [5.41, 5.74) is 4.51. The zero-order chi connectivity index (χ0) is 21.8. The molecule has 0 aliphatic carbocycles. The van der Waals surface area contributed by atoms with E-state index in [1.807, 2.05) is 13.8 Å². The van der Waals surface area contributed by atoms with E-state index in [0.29, 0.717) is 22.6 Å². The van der Waals surface area contributed by atoms with Gasteiger partial charge in [-0.15, -0.1) is 0 Å². The molecule has 1 unspecified atom stereocenters. The third kappa shape index (κ3) is 4.87. The Labute approximate surface area is 174 Å². The summed E-state index contributed by atoms with van der Waals surface area (Å²) in [6.45, 7) is 5.51. The number of amides is 1. The van der Waals surface area contributed by atoms with Crippen LogP contribution in [0.5, 0.6) is 0 Å². The maximum atomic E-state index is 13.8. The highest BCUT2D eigenvalue weighted by Crippen LogP contribution is 2.23. The van der Waals surface area contributed by atoms with Crippen molar-refractivity contribution in [2.45, 2.75) is 32.9 Å². The Hall–Kier alpha value is -3.17. The summed E-state index contributed by atoms with van der Waals surface area (Å²) >= 11 is 0. The van der Waals surface area contributed by atoms with E-state index in [0.717, 1.165) is 0 Å². The summed E-state index contributed by atoms with van der Waals surface area (Å²) in [5, 5.41) is 15.3. The Morgan fingerprint density at radius 1 is 1.23 bits per heavy atom. The predicted molar refractivity (Wildman–Crippen MR) is 111 cm³/mol. The molecule has 2 aromatic heterocycles. The smallest absolute Gasteiger partial charge is 0.284 e. The minimum Gasteiger partial charge on any atom is -0.395 e. The van der Waals surface area contributed by atoms with Gasteiger partial charge in [-0.3, -0.25) is 14.9 Å². The molecule has 0 saturated carbocycles. The number of rotatable bonds is 7. The molecule has 0 bridgehead atoms. The Morgan fingerprint density at radius 2 is 2.00 bits per heavy atom. The molecule has 1 atom stereocenters. The number of aromatic nitrogens is 4. The third-order valence-corrected chi connectivity index (χ3v) is 4.57. The molecular formula is C21H25FN6O2. The summed E-state index contributed by atoms with van der Waals surface area (Å²) in [5.74, 6) is -0.543. The van der Waals surface area contributed by atoms with Crippen LogP contribution in [0, 0.1) is 5.82 Å². The van der Waals surface area contributed by atoms with Crippen molar-refractivity contribution in [1.29, 1.82) is 0 Å². The van der Waals surface area contributed by atoms with Crippen molar-refractivity contribution in [1.82, 2.24) is 30.2 Å². The first-order chi connectivity index (χ1) is 14.3. The number of hydrogen-bond donors (Lipinski definition) is 2. The number of nitrogens with zero attached hydrogens (tertiary/aromatic N) is 5. The van der Waals surface area contributed by atoms with Crippen LogP contribution in [0.4, 0.5) is 4.39 Å². The van der Waals surface area contributed by atoms with Gasteiger partial charge in [0.05, 0.1) is 24.1 Å². The molecule has 2 N–H and O–H groups in total. The van der Waals surface area contributed by atoms with Gasteiger partial charge >= 0.3 is 0 Å². The van der Waals surface area contributed by atoms with E-state index in [2.05, 4.69) is 20.5 Å². The van der Waals surface area contributed by atoms with Crippen LogP contribution < -0.4 is 5.43 Å². The van der Waals surface area contributed by atoms with Crippen LogP contribution in [0.3, 0.4) is 0 Å². The van der Waals surface area contributed by atoms with Crippen LogP contribution in [0.15, 0.2) is 42.7 Å². The van der Waals surface area contributed by atoms with E-state index in [9.17, 15) is 14.3 Å². The van der Waals surface area contributed by atoms with Crippen LogP contribution >= 0.6 is 0 Å². The van der Waals surface area contributed by atoms with Gasteiger partial charge in [-0.1, -0.05) is 12.1 Å². The number of hydrazine groups is 1. The minimum absolute atomic E-state index is 0.0431. The van der Waals surface area contributed by atoms with Crippen LogP contribution in [0.2, 0.25) is 0 Å². The SMILES string of the molecule is CC(C)N(NC(=O)c1cc(-c2cccc(F)c2)nc(-c2cnn(C)c2)n1)C(C)CO. The number of aliphatic hydroxyl groups excluding tert-OH is 1. The molecule has 0 spiro atoms. The molecule has 1 amide bonds. The second kappa shape index (κ2) is 9.10. The lowest BCUT2D eigenvalue weighted by atomic mass is 10.1. The second-order valence-electron chi connectivity index (χ2n) is 7.35. The predicted octanol–water partition coefficient (Wildman–Crippen LogP) is 2.42. The first-order valence-corrected chi connectivity index (χ1v) is 9.62. The zero-order valence-corrected chi connectivity index (χ0v) is 17.4. The highest BCUT2D eigenvalue weighted by Gasteiger charge is 2.22. The summed E-state index contributed by atoms with van der Waals surface area (Å²) in [7, 11) is 1.77. The van der Waals surface area contributed by atoms with Crippen molar-refractivity contribution >= 4 is 5.91 Å². The van der Waals surface area contributed by atoms with Gasteiger partial charge in [0, 0.05) is 30.9 Å². The topological polar surface area (TPSA) is 96.2 Å². The molecule has 0 aliphatic rings. The van der Waals surface area contributed by atoms with Crippen LogP contribution in [0.25, 0.3) is 22.6 Å². The molecule has 30 heavy (non-hydrogen) atoms. The molecule has 2 heterocycles. The first-order valence-electron chi connectivity index (χ1n) is 9.62. The highest BCUT2D eigenvalue weighted by atomic mass is 19.1. The Morgan fingerprint density at radius 3 is 2.60 bits per heavy atom. The fourth-order valence-electron chi connectivity index (χ4n) is 3.04. The van der Waals surface area contributed by atoms with E-state index in [4.69, 9.17) is 0 Å². The van der Waals surface area contributed by atoms with Crippen molar-refractivity contribution < 1.29 is 14.3 Å². The van der Waals surface area contributed by atoms with Crippen molar-refractivity contribution in [3.05, 3.63) is 54.2 Å². The molecule has 0 aliphatic heterocycles. The van der Waals surface area contributed by atoms with E-state index in [1.54, 1.807) is 48.2 Å². The van der Waals surface area contributed by atoms with E-state index < -0.39 is 11.7 Å². The number of hydrogen-bond acceptors (Lipinski definition) is 6. The van der Waals surface area contributed by atoms with E-state index >= 15 is 0 Å². The average Bonchev–Trinajstić information content (AvgIpc) is 3.17. The van der Waals surface area contributed by atoms with Gasteiger partial charge in [-0.25, -0.2) is 19.4 Å². The van der Waals surface area contributed by atoms with Crippen LogP contribution in [0.1, 0.15) is 31.3 Å². The van der Waals surface area contributed by atoms with Gasteiger partial charge in [-0.2, -0.15) is 5.10 Å². The van der Waals surface area contributed by atoms with Crippen molar-refractivity contribution in [3.63, 3.8) is 0 Å².